The van der Waals surface area contributed by atoms with E-state index in [1.54, 1.807) is 0 Å². The lowest BCUT2D eigenvalue weighted by Gasteiger charge is -2.21. The molecule has 21 heavy (non-hydrogen) atoms. The molecule has 0 aliphatic carbocycles. The first-order chi connectivity index (χ1) is 9.61. The molecule has 0 bridgehead atoms. The standard InChI is InChI=1S/C17H20ClIN2/c1-9-7-10(2)12(11(3)8-9)16-20-14(17(4,5)6)13(19)15(18)21-16/h7-8H,1-6H3. The normalized spacial score (nSPS) is 11.8. The molecule has 0 aliphatic rings. The molecule has 0 saturated carbocycles. The zero-order chi connectivity index (χ0) is 15.9. The predicted molar refractivity (Wildman–Crippen MR) is 98.1 cm³/mol. The lowest BCUT2D eigenvalue weighted by atomic mass is 9.91. The van der Waals surface area contributed by atoms with E-state index in [0.29, 0.717) is 5.15 Å². The third-order valence-electron chi connectivity index (χ3n) is 3.42. The van der Waals surface area contributed by atoms with Crippen LogP contribution in [-0.2, 0) is 5.41 Å². The predicted octanol–water partition coefficient (Wildman–Crippen LogP) is 5.62. The van der Waals surface area contributed by atoms with Crippen molar-refractivity contribution < 1.29 is 0 Å². The Morgan fingerprint density at radius 3 is 2.00 bits per heavy atom. The van der Waals surface area contributed by atoms with E-state index in [0.717, 1.165) is 20.7 Å². The number of aromatic nitrogens is 2. The maximum absolute atomic E-state index is 6.35. The molecule has 2 aromatic rings. The van der Waals surface area contributed by atoms with Crippen LogP contribution in [0.3, 0.4) is 0 Å². The van der Waals surface area contributed by atoms with Gasteiger partial charge in [0, 0.05) is 11.0 Å². The van der Waals surface area contributed by atoms with Gasteiger partial charge in [0.2, 0.25) is 0 Å². The molecule has 0 saturated heterocycles. The second-order valence-corrected chi connectivity index (χ2v) is 7.96. The molecule has 0 unspecified atom stereocenters. The van der Waals surface area contributed by atoms with E-state index in [1.807, 2.05) is 0 Å². The Kier molecular flexibility index (Phi) is 4.64. The molecule has 1 heterocycles. The van der Waals surface area contributed by atoms with Crippen molar-refractivity contribution in [3.8, 4) is 11.4 Å². The fourth-order valence-corrected chi connectivity index (χ4v) is 3.78. The zero-order valence-electron chi connectivity index (χ0n) is 13.3. The smallest absolute Gasteiger partial charge is 0.161 e. The van der Waals surface area contributed by atoms with E-state index >= 15 is 0 Å². The second kappa shape index (κ2) is 5.84. The average molecular weight is 415 g/mol. The Bertz CT molecular complexity index is 680. The van der Waals surface area contributed by atoms with Gasteiger partial charge in [-0.25, -0.2) is 9.97 Å². The largest absolute Gasteiger partial charge is 0.231 e. The van der Waals surface area contributed by atoms with Crippen molar-refractivity contribution in [3.63, 3.8) is 0 Å². The van der Waals surface area contributed by atoms with Gasteiger partial charge in [0.15, 0.2) is 5.82 Å². The molecule has 0 fully saturated rings. The van der Waals surface area contributed by atoms with Crippen LogP contribution in [-0.4, -0.2) is 9.97 Å². The summed E-state index contributed by atoms with van der Waals surface area (Å²) in [7, 11) is 0. The van der Waals surface area contributed by atoms with Gasteiger partial charge in [-0.3, -0.25) is 0 Å². The summed E-state index contributed by atoms with van der Waals surface area (Å²) in [6, 6.07) is 4.32. The monoisotopic (exact) mass is 414 g/mol. The molecule has 0 atom stereocenters. The maximum atomic E-state index is 6.35. The lowest BCUT2D eigenvalue weighted by molar-refractivity contribution is 0.563. The van der Waals surface area contributed by atoms with E-state index in [9.17, 15) is 0 Å². The van der Waals surface area contributed by atoms with E-state index in [2.05, 4.69) is 81.3 Å². The Balaban J connectivity index is 2.75. The molecule has 112 valence electrons. The van der Waals surface area contributed by atoms with Crippen LogP contribution >= 0.6 is 34.2 Å². The molecule has 0 spiro atoms. The number of hydrogen-bond donors (Lipinski definition) is 0. The summed E-state index contributed by atoms with van der Waals surface area (Å²) in [5.74, 6) is 0.723. The lowest BCUT2D eigenvalue weighted by Crippen LogP contribution is -2.17. The number of halogens is 2. The fourth-order valence-electron chi connectivity index (χ4n) is 2.56. The van der Waals surface area contributed by atoms with E-state index in [1.165, 1.54) is 16.7 Å². The maximum Gasteiger partial charge on any atom is 0.161 e. The molecule has 0 amide bonds. The summed E-state index contributed by atoms with van der Waals surface area (Å²) in [5.41, 5.74) is 5.64. The number of aryl methyl sites for hydroxylation is 3. The van der Waals surface area contributed by atoms with Gasteiger partial charge in [0.05, 0.1) is 9.26 Å². The van der Waals surface area contributed by atoms with Gasteiger partial charge >= 0.3 is 0 Å². The van der Waals surface area contributed by atoms with E-state index < -0.39 is 0 Å². The van der Waals surface area contributed by atoms with Crippen molar-refractivity contribution in [2.24, 2.45) is 0 Å². The second-order valence-electron chi connectivity index (χ2n) is 6.52. The summed E-state index contributed by atoms with van der Waals surface area (Å²) in [5, 5.41) is 0.532. The Morgan fingerprint density at radius 1 is 1.00 bits per heavy atom. The van der Waals surface area contributed by atoms with Crippen LogP contribution in [0.25, 0.3) is 11.4 Å². The minimum Gasteiger partial charge on any atom is -0.231 e. The number of hydrogen-bond acceptors (Lipinski definition) is 2. The Labute approximate surface area is 145 Å². The third-order valence-corrected chi connectivity index (χ3v) is 5.04. The van der Waals surface area contributed by atoms with Crippen molar-refractivity contribution in [3.05, 3.63) is 43.2 Å². The van der Waals surface area contributed by atoms with Crippen LogP contribution in [0.2, 0.25) is 5.15 Å². The van der Waals surface area contributed by atoms with Crippen LogP contribution in [0.5, 0.6) is 0 Å². The molecular formula is C17H20ClIN2. The van der Waals surface area contributed by atoms with Crippen LogP contribution in [0.1, 0.15) is 43.2 Å². The fraction of sp³-hybridized carbons (Fsp3) is 0.412. The highest BCUT2D eigenvalue weighted by Crippen LogP contribution is 2.33. The van der Waals surface area contributed by atoms with Gasteiger partial charge in [0.1, 0.15) is 5.15 Å². The van der Waals surface area contributed by atoms with Gasteiger partial charge in [-0.15, -0.1) is 0 Å². The summed E-state index contributed by atoms with van der Waals surface area (Å²) < 4.78 is 0.938. The van der Waals surface area contributed by atoms with Crippen molar-refractivity contribution >= 4 is 34.2 Å². The van der Waals surface area contributed by atoms with Gasteiger partial charge < -0.3 is 0 Å². The van der Waals surface area contributed by atoms with Gasteiger partial charge in [-0.1, -0.05) is 50.1 Å². The highest BCUT2D eigenvalue weighted by atomic mass is 127. The number of rotatable bonds is 1. The minimum absolute atomic E-state index is 0.0651. The quantitative estimate of drug-likeness (QED) is 0.447. The van der Waals surface area contributed by atoms with Gasteiger partial charge in [-0.2, -0.15) is 0 Å². The summed E-state index contributed by atoms with van der Waals surface area (Å²) in [4.78, 5) is 9.34. The summed E-state index contributed by atoms with van der Waals surface area (Å²) in [6.45, 7) is 12.7. The Morgan fingerprint density at radius 2 is 1.52 bits per heavy atom. The van der Waals surface area contributed by atoms with Crippen molar-refractivity contribution in [2.75, 3.05) is 0 Å². The minimum atomic E-state index is -0.0651. The molecule has 0 N–H and O–H groups in total. The topological polar surface area (TPSA) is 25.8 Å². The molecular weight excluding hydrogens is 395 g/mol. The first-order valence-corrected chi connectivity index (χ1v) is 8.38. The molecule has 4 heteroatoms. The van der Waals surface area contributed by atoms with Crippen LogP contribution < -0.4 is 0 Å². The van der Waals surface area contributed by atoms with Crippen LogP contribution in [0.4, 0.5) is 0 Å². The van der Waals surface area contributed by atoms with Crippen LogP contribution in [0, 0.1) is 24.3 Å². The van der Waals surface area contributed by atoms with E-state index in [4.69, 9.17) is 16.6 Å². The van der Waals surface area contributed by atoms with Crippen molar-refractivity contribution in [1.29, 1.82) is 0 Å². The molecule has 2 nitrogen and oxygen atoms in total. The van der Waals surface area contributed by atoms with Gasteiger partial charge in [0.25, 0.3) is 0 Å². The Hall–Kier alpha value is -0.680. The van der Waals surface area contributed by atoms with Crippen LogP contribution in [0.15, 0.2) is 12.1 Å². The summed E-state index contributed by atoms with van der Waals surface area (Å²) in [6.07, 6.45) is 0. The van der Waals surface area contributed by atoms with E-state index in [-0.39, 0.29) is 5.41 Å². The first kappa shape index (κ1) is 16.7. The van der Waals surface area contributed by atoms with Crippen molar-refractivity contribution in [2.45, 2.75) is 47.0 Å². The molecule has 0 radical (unpaired) electrons. The average Bonchev–Trinajstić information content (AvgIpc) is 2.30. The highest BCUT2D eigenvalue weighted by Gasteiger charge is 2.23. The molecule has 0 aliphatic heterocycles. The number of nitrogens with zero attached hydrogens (tertiary/aromatic N) is 2. The first-order valence-electron chi connectivity index (χ1n) is 6.93. The molecule has 1 aromatic carbocycles. The SMILES string of the molecule is Cc1cc(C)c(-c2nc(Cl)c(I)c(C(C)(C)C)n2)c(C)c1. The van der Waals surface area contributed by atoms with Crippen molar-refractivity contribution in [1.82, 2.24) is 9.97 Å². The molecule has 2 rings (SSSR count). The summed E-state index contributed by atoms with van der Waals surface area (Å²) >= 11 is 8.58. The highest BCUT2D eigenvalue weighted by molar-refractivity contribution is 14.1. The number of benzene rings is 1. The third kappa shape index (κ3) is 3.39. The zero-order valence-corrected chi connectivity index (χ0v) is 16.2. The van der Waals surface area contributed by atoms with Gasteiger partial charge in [-0.05, 0) is 54.5 Å². The molecule has 1 aromatic heterocycles.